The van der Waals surface area contributed by atoms with Gasteiger partial charge in [0.05, 0.1) is 46.2 Å². The second-order valence-electron chi connectivity index (χ2n) is 22.5. The van der Waals surface area contributed by atoms with Gasteiger partial charge in [-0.3, -0.25) is 24.4 Å². The van der Waals surface area contributed by atoms with Crippen molar-refractivity contribution in [1.82, 2.24) is 45.7 Å². The third-order valence-corrected chi connectivity index (χ3v) is 17.1. The Hall–Kier alpha value is -5.89. The van der Waals surface area contributed by atoms with Crippen molar-refractivity contribution in [2.24, 2.45) is 11.3 Å². The molecule has 4 aliphatic heterocycles. The molecule has 4 fully saturated rings. The number of anilines is 1. The molecule has 0 saturated carbocycles. The van der Waals surface area contributed by atoms with Crippen LogP contribution in [-0.4, -0.2) is 143 Å². The average molecular weight is 1110 g/mol. The number of hydrogen-bond donors (Lipinski definition) is 4. The first kappa shape index (κ1) is 56.8. The maximum absolute atomic E-state index is 16.9. The SMILES string of the molecule is CCc1cccc2cc(O)cc(-c3ncc4c(N5CC6CCC(C5)N6)nc(OCCN5CCC(COCC(=O)NC(C=O)C(C)(C)C)CC5)nc4c3F)c12.Cc1ncsc1-c1ccc(C(C)NC(=O)C2CCCN2C)cc1Cl. The van der Waals surface area contributed by atoms with Gasteiger partial charge in [-0.1, -0.05) is 69.6 Å². The zero-order valence-corrected chi connectivity index (χ0v) is 47.5. The summed E-state index contributed by atoms with van der Waals surface area (Å²) in [5.74, 6) is 0.238. The van der Waals surface area contributed by atoms with Crippen molar-refractivity contribution in [3.05, 3.63) is 87.9 Å². The van der Waals surface area contributed by atoms with Gasteiger partial charge in [0.25, 0.3) is 0 Å². The number of aromatic nitrogens is 4. The number of phenolic OH excluding ortho intramolecular Hbond substituents is 1. The van der Waals surface area contributed by atoms with Crippen LogP contribution in [0.2, 0.25) is 5.02 Å². The molecule has 10 rings (SSSR count). The van der Waals surface area contributed by atoms with E-state index in [0.717, 1.165) is 122 Å². The largest absolute Gasteiger partial charge is 0.508 e. The molecule has 5 unspecified atom stereocenters. The monoisotopic (exact) mass is 1100 g/mol. The molecule has 19 heteroatoms. The van der Waals surface area contributed by atoms with Gasteiger partial charge in [-0.2, -0.15) is 9.97 Å². The predicted octanol–water partition coefficient (Wildman–Crippen LogP) is 9.07. The number of benzene rings is 3. The van der Waals surface area contributed by atoms with Gasteiger partial charge in [-0.25, -0.2) is 9.37 Å². The second kappa shape index (κ2) is 25.1. The van der Waals surface area contributed by atoms with Crippen LogP contribution < -0.4 is 25.6 Å². The van der Waals surface area contributed by atoms with Crippen molar-refractivity contribution in [1.29, 1.82) is 0 Å². The molecule has 416 valence electrons. The number of likely N-dealkylation sites (N-methyl/N-ethyl adjacent to an activating group) is 1. The van der Waals surface area contributed by atoms with Crippen molar-refractivity contribution in [3.8, 4) is 33.5 Å². The number of phenols is 1. The zero-order chi connectivity index (χ0) is 55.3. The van der Waals surface area contributed by atoms with Crippen LogP contribution in [0.1, 0.15) is 96.0 Å². The maximum atomic E-state index is 16.9. The fraction of sp³-hybridized carbons (Fsp3) is 0.508. The number of thiazole rings is 1. The minimum atomic E-state index is -0.573. The Bertz CT molecular complexity index is 3100. The van der Waals surface area contributed by atoms with E-state index in [9.17, 15) is 19.5 Å². The number of carbonyl (C=O) groups is 3. The Kier molecular flexibility index (Phi) is 18.3. The summed E-state index contributed by atoms with van der Waals surface area (Å²) >= 11 is 8.07. The Labute approximate surface area is 465 Å². The summed E-state index contributed by atoms with van der Waals surface area (Å²) in [5, 5.41) is 23.1. The van der Waals surface area contributed by atoms with E-state index in [-0.39, 0.29) is 58.9 Å². The Morgan fingerprint density at radius 3 is 2.44 bits per heavy atom. The minimum absolute atomic E-state index is 0.0120. The van der Waals surface area contributed by atoms with E-state index < -0.39 is 11.9 Å². The maximum Gasteiger partial charge on any atom is 0.319 e. The van der Waals surface area contributed by atoms with Crippen molar-refractivity contribution in [3.63, 3.8) is 0 Å². The van der Waals surface area contributed by atoms with Crippen LogP contribution in [0.15, 0.2) is 60.2 Å². The molecule has 2 bridgehead atoms. The quantitative estimate of drug-likeness (QED) is 0.0634. The smallest absolute Gasteiger partial charge is 0.319 e. The van der Waals surface area contributed by atoms with Crippen molar-refractivity contribution >= 4 is 68.5 Å². The Morgan fingerprint density at radius 2 is 1.77 bits per heavy atom. The van der Waals surface area contributed by atoms with E-state index in [1.54, 1.807) is 29.7 Å². The lowest BCUT2D eigenvalue weighted by Gasteiger charge is -2.34. The number of fused-ring (bicyclic) bond motifs is 4. The molecule has 6 aromatic rings. The second-order valence-corrected chi connectivity index (χ2v) is 23.8. The topological polar surface area (TPSA) is 187 Å². The first-order chi connectivity index (χ1) is 37.5. The summed E-state index contributed by atoms with van der Waals surface area (Å²) in [6.07, 6.45) is 9.21. The number of hydrogen-bond acceptors (Lipinski definition) is 15. The van der Waals surface area contributed by atoms with Crippen molar-refractivity contribution in [2.75, 3.05) is 71.0 Å². The number of rotatable bonds is 17. The number of likely N-dealkylation sites (tertiary alicyclic amines) is 2. The molecule has 0 spiro atoms. The van der Waals surface area contributed by atoms with Crippen LogP contribution in [0.4, 0.5) is 10.2 Å². The molecule has 4 saturated heterocycles. The molecular formula is C59H74ClFN10O6S. The highest BCUT2D eigenvalue weighted by Gasteiger charge is 2.35. The number of carbonyl (C=O) groups excluding carboxylic acids is 3. The summed E-state index contributed by atoms with van der Waals surface area (Å²) < 4.78 is 28.8. The number of amides is 2. The molecule has 5 atom stereocenters. The Morgan fingerprint density at radius 1 is 1.00 bits per heavy atom. The third-order valence-electron chi connectivity index (χ3n) is 15.8. The molecule has 4 aliphatic rings. The number of aldehydes is 1. The highest BCUT2D eigenvalue weighted by atomic mass is 35.5. The number of piperazine rings is 1. The van der Waals surface area contributed by atoms with Gasteiger partial charge in [-0.15, -0.1) is 11.3 Å². The molecule has 78 heavy (non-hydrogen) atoms. The molecule has 0 aliphatic carbocycles. The number of pyridine rings is 1. The first-order valence-electron chi connectivity index (χ1n) is 27.5. The molecule has 4 N–H and O–H groups in total. The van der Waals surface area contributed by atoms with Crippen LogP contribution >= 0.6 is 22.9 Å². The molecule has 3 aromatic heterocycles. The summed E-state index contributed by atoms with van der Waals surface area (Å²) in [5.41, 5.74) is 6.30. The zero-order valence-electron chi connectivity index (χ0n) is 45.9. The van der Waals surface area contributed by atoms with Crippen LogP contribution in [0.3, 0.4) is 0 Å². The van der Waals surface area contributed by atoms with Gasteiger partial charge in [0.15, 0.2) is 5.82 Å². The summed E-state index contributed by atoms with van der Waals surface area (Å²) in [6.45, 7) is 17.4. The van der Waals surface area contributed by atoms with Gasteiger partial charge in [0.2, 0.25) is 11.8 Å². The van der Waals surface area contributed by atoms with E-state index in [0.29, 0.717) is 59.6 Å². The molecule has 7 heterocycles. The molecule has 16 nitrogen and oxygen atoms in total. The minimum Gasteiger partial charge on any atom is -0.508 e. The van der Waals surface area contributed by atoms with Crippen molar-refractivity contribution < 1.29 is 33.4 Å². The van der Waals surface area contributed by atoms with E-state index in [1.165, 1.54) is 0 Å². The number of aryl methyl sites for hydroxylation is 2. The van der Waals surface area contributed by atoms with Gasteiger partial charge in [-0.05, 0) is 137 Å². The first-order valence-corrected chi connectivity index (χ1v) is 28.7. The highest BCUT2D eigenvalue weighted by molar-refractivity contribution is 7.13. The normalized spacial score (nSPS) is 19.9. The van der Waals surface area contributed by atoms with E-state index in [2.05, 4.69) is 52.5 Å². The van der Waals surface area contributed by atoms with Gasteiger partial charge < -0.3 is 40.2 Å². The van der Waals surface area contributed by atoms with Crippen LogP contribution in [0.5, 0.6) is 11.8 Å². The molecule has 2 amide bonds. The highest BCUT2D eigenvalue weighted by Crippen LogP contribution is 2.40. The Balaban J connectivity index is 0.000000256. The van der Waals surface area contributed by atoms with E-state index >= 15 is 4.39 Å². The van der Waals surface area contributed by atoms with Crippen LogP contribution in [0.25, 0.3) is 43.4 Å². The molecule has 0 radical (unpaired) electrons. The van der Waals surface area contributed by atoms with E-state index in [1.807, 2.05) is 83.6 Å². The fourth-order valence-corrected chi connectivity index (χ4v) is 12.5. The number of piperidine rings is 1. The van der Waals surface area contributed by atoms with Gasteiger partial charge >= 0.3 is 6.01 Å². The van der Waals surface area contributed by atoms with Crippen molar-refractivity contribution in [2.45, 2.75) is 117 Å². The third kappa shape index (κ3) is 13.2. The summed E-state index contributed by atoms with van der Waals surface area (Å²) in [7, 11) is 2.00. The average Bonchev–Trinajstić information content (AvgIpc) is 4.28. The number of halogens is 2. The summed E-state index contributed by atoms with van der Waals surface area (Å²) in [4.78, 5) is 62.3. The fourth-order valence-electron chi connectivity index (χ4n) is 11.3. The lowest BCUT2D eigenvalue weighted by atomic mass is 9.88. The summed E-state index contributed by atoms with van der Waals surface area (Å²) in [6, 6.07) is 15.3. The predicted molar refractivity (Wildman–Crippen MR) is 306 cm³/mol. The van der Waals surface area contributed by atoms with Gasteiger partial charge in [0, 0.05) is 54.1 Å². The number of aromatic hydroxyl groups is 1. The number of nitrogens with one attached hydrogen (secondary N) is 3. The van der Waals surface area contributed by atoms with E-state index in [4.69, 9.17) is 26.1 Å². The standard InChI is InChI=1S/C41H52FN7O5.C18H22ClN3OS/c1-5-26-7-6-8-27-17-30(51)18-31(35(26)27)37-36(42)38-32(19-43-37)39(49-20-28-9-10-29(21-49)44-28)47-40(46-38)54-16-15-48-13-11-25(12-14-48)23-53-24-34(52)45-33(22-50)41(2,3)4;1-11(21-18(23)16-5-4-8-22(16)3)13-6-7-14(15(19)9-13)17-12(2)20-10-24-17/h6-8,17-19,22,25,28-29,33,44,51H,5,9-16,20-21,23-24H2,1-4H3,(H,45,52);6-7,9-11,16H,4-5,8H2,1-3H3,(H,21,23). The molecule has 3 aromatic carbocycles. The number of ether oxygens (including phenoxy) is 2. The van der Waals surface area contributed by atoms with Crippen LogP contribution in [0, 0.1) is 24.1 Å². The lowest BCUT2D eigenvalue weighted by molar-refractivity contribution is -0.130. The number of nitrogens with zero attached hydrogens (tertiary/aromatic N) is 7. The van der Waals surface area contributed by atoms with Gasteiger partial charge in [0.1, 0.15) is 42.3 Å². The van der Waals surface area contributed by atoms with Crippen LogP contribution in [-0.2, 0) is 25.5 Å². The lowest BCUT2D eigenvalue weighted by Crippen LogP contribution is -2.51. The molecular weight excluding hydrogens is 1030 g/mol.